The lowest BCUT2D eigenvalue weighted by Crippen LogP contribution is -2.44. The first-order chi connectivity index (χ1) is 19.2. The Kier molecular flexibility index (Phi) is 9.86. The van der Waals surface area contributed by atoms with E-state index in [4.69, 9.17) is 19.8 Å². The highest BCUT2D eigenvalue weighted by molar-refractivity contribution is 5.73. The number of alkyl halides is 6. The molecular weight excluding hydrogens is 560 g/mol. The van der Waals surface area contributed by atoms with Crippen molar-refractivity contribution in [1.29, 1.82) is 0 Å². The molecule has 0 radical (unpaired) electrons. The number of rotatable bonds is 3. The third kappa shape index (κ3) is 8.36. The second-order valence-electron chi connectivity index (χ2n) is 9.18. The molecule has 220 valence electrons. The van der Waals surface area contributed by atoms with E-state index in [1.54, 1.807) is 0 Å². The van der Waals surface area contributed by atoms with Gasteiger partial charge >= 0.3 is 24.3 Å². The molecule has 9 nitrogen and oxygen atoms in total. The van der Waals surface area contributed by atoms with Crippen LogP contribution in [0.2, 0.25) is 0 Å². The number of carboxylic acid groups (broad SMARTS) is 2. The van der Waals surface area contributed by atoms with Crippen molar-refractivity contribution in [3.05, 3.63) is 78.4 Å². The molecule has 41 heavy (non-hydrogen) atoms. The summed E-state index contributed by atoms with van der Waals surface area (Å²) in [5.74, 6) is -4.71. The highest BCUT2D eigenvalue weighted by Crippen LogP contribution is 2.48. The first-order valence-electron chi connectivity index (χ1n) is 12.1. The van der Waals surface area contributed by atoms with Gasteiger partial charge in [0.2, 0.25) is 5.95 Å². The van der Waals surface area contributed by atoms with Crippen LogP contribution in [0, 0.1) is 0 Å². The van der Waals surface area contributed by atoms with Crippen molar-refractivity contribution in [3.8, 4) is 0 Å². The van der Waals surface area contributed by atoms with E-state index < -0.39 is 24.3 Å². The van der Waals surface area contributed by atoms with Crippen LogP contribution in [0.5, 0.6) is 0 Å². The van der Waals surface area contributed by atoms with Gasteiger partial charge in [-0.2, -0.15) is 26.3 Å². The molecule has 2 aliphatic heterocycles. The summed E-state index contributed by atoms with van der Waals surface area (Å²) in [5.41, 5.74) is 4.21. The molecule has 0 amide bonds. The number of piperidine rings is 1. The lowest BCUT2D eigenvalue weighted by molar-refractivity contribution is -0.193. The number of carbonyl (C=O) groups is 2. The summed E-state index contributed by atoms with van der Waals surface area (Å²) in [6, 6.07) is 14.8. The van der Waals surface area contributed by atoms with Crippen LogP contribution < -0.4 is 4.90 Å². The first kappa shape index (κ1) is 31.3. The largest absolute Gasteiger partial charge is 0.490 e. The van der Waals surface area contributed by atoms with Gasteiger partial charge in [0, 0.05) is 49.0 Å². The number of hydrogen-bond acceptors (Lipinski definition) is 7. The van der Waals surface area contributed by atoms with Crippen LogP contribution >= 0.6 is 0 Å². The molecule has 0 unspecified atom stereocenters. The number of aromatic nitrogens is 3. The summed E-state index contributed by atoms with van der Waals surface area (Å²) in [6.07, 6.45) is -0.381. The number of para-hydroxylation sites is 1. The number of anilines is 2. The number of hydrogen-bond donors (Lipinski definition) is 2. The Morgan fingerprint density at radius 1 is 0.829 bits per heavy atom. The second-order valence-corrected chi connectivity index (χ2v) is 9.18. The predicted molar refractivity (Wildman–Crippen MR) is 133 cm³/mol. The molecule has 15 heteroatoms. The number of carboxylic acids is 2. The number of fused-ring (bicyclic) bond motifs is 2. The van der Waals surface area contributed by atoms with Gasteiger partial charge in [0.05, 0.1) is 0 Å². The summed E-state index contributed by atoms with van der Waals surface area (Å²) in [5, 5.41) is 14.2. The lowest BCUT2D eigenvalue weighted by atomic mass is 9.74. The molecule has 5 rings (SSSR count). The summed E-state index contributed by atoms with van der Waals surface area (Å²) < 4.78 is 63.5. The smallest absolute Gasteiger partial charge is 0.475 e. The summed E-state index contributed by atoms with van der Waals surface area (Å²) in [4.78, 5) is 35.9. The molecular formula is C26H25F6N5O4. The fourth-order valence-corrected chi connectivity index (χ4v) is 4.56. The van der Waals surface area contributed by atoms with E-state index in [-0.39, 0.29) is 5.41 Å². The SMILES string of the molecule is O=C(O)C(F)(F)F.O=C(O)C(F)(F)F.c1cnc(N2CC3(CCN(Cc4cccnc4)CC3)c3ccccc32)nc1. The normalized spacial score (nSPS) is 16.1. The van der Waals surface area contributed by atoms with Crippen LogP contribution in [0.25, 0.3) is 0 Å². The van der Waals surface area contributed by atoms with Crippen LogP contribution in [0.1, 0.15) is 24.0 Å². The molecule has 0 atom stereocenters. The van der Waals surface area contributed by atoms with E-state index in [9.17, 15) is 26.3 Å². The van der Waals surface area contributed by atoms with Crippen molar-refractivity contribution in [3.63, 3.8) is 0 Å². The van der Waals surface area contributed by atoms with E-state index >= 15 is 0 Å². The predicted octanol–water partition coefficient (Wildman–Crippen LogP) is 4.82. The molecule has 2 N–H and O–H groups in total. The number of likely N-dealkylation sites (tertiary alicyclic amines) is 1. The number of benzene rings is 1. The van der Waals surface area contributed by atoms with E-state index in [1.807, 2.05) is 36.9 Å². The van der Waals surface area contributed by atoms with E-state index in [0.717, 1.165) is 45.0 Å². The third-order valence-electron chi connectivity index (χ3n) is 6.45. The molecule has 1 aromatic carbocycles. The maximum absolute atomic E-state index is 10.6. The average molecular weight is 586 g/mol. The Morgan fingerprint density at radius 3 is 1.90 bits per heavy atom. The summed E-state index contributed by atoms with van der Waals surface area (Å²) in [7, 11) is 0. The minimum atomic E-state index is -5.08. The maximum atomic E-state index is 10.6. The van der Waals surface area contributed by atoms with Crippen molar-refractivity contribution >= 4 is 23.6 Å². The van der Waals surface area contributed by atoms with Crippen LogP contribution in [-0.4, -0.2) is 74.0 Å². The molecule has 1 spiro atoms. The summed E-state index contributed by atoms with van der Waals surface area (Å²) in [6.45, 7) is 4.16. The van der Waals surface area contributed by atoms with Crippen molar-refractivity contribution in [2.45, 2.75) is 37.2 Å². The zero-order valence-electron chi connectivity index (χ0n) is 21.3. The molecule has 4 heterocycles. The first-order valence-corrected chi connectivity index (χ1v) is 12.1. The molecule has 2 aromatic heterocycles. The monoisotopic (exact) mass is 585 g/mol. The Labute approximate surface area is 230 Å². The fourth-order valence-electron chi connectivity index (χ4n) is 4.56. The highest BCUT2D eigenvalue weighted by atomic mass is 19.4. The molecule has 0 aliphatic carbocycles. The number of nitrogens with zero attached hydrogens (tertiary/aromatic N) is 5. The van der Waals surface area contributed by atoms with Crippen LogP contribution in [-0.2, 0) is 21.5 Å². The van der Waals surface area contributed by atoms with E-state index in [0.29, 0.717) is 0 Å². The number of aliphatic carboxylic acids is 2. The molecule has 1 fully saturated rings. The zero-order valence-corrected chi connectivity index (χ0v) is 21.3. The van der Waals surface area contributed by atoms with Crippen molar-refractivity contribution < 1.29 is 46.1 Å². The standard InChI is InChI=1S/C22H23N5.2C2HF3O2/c1-2-7-20-19(6-1)22(17-27(20)21-24-11-4-12-25-21)8-13-26(14-9-22)16-18-5-3-10-23-15-18;2*3-2(4,5)1(6)7/h1-7,10-12,15H,8-9,13-14,16-17H2;2*(H,6,7). The molecule has 0 bridgehead atoms. The molecule has 0 saturated carbocycles. The third-order valence-corrected chi connectivity index (χ3v) is 6.45. The Balaban J connectivity index is 0.000000276. The Bertz CT molecular complexity index is 1280. The minimum absolute atomic E-state index is 0.196. The van der Waals surface area contributed by atoms with Crippen LogP contribution in [0.3, 0.4) is 0 Å². The maximum Gasteiger partial charge on any atom is 0.490 e. The van der Waals surface area contributed by atoms with Gasteiger partial charge < -0.3 is 15.1 Å². The quantitative estimate of drug-likeness (QED) is 0.417. The van der Waals surface area contributed by atoms with Gasteiger partial charge in [0.25, 0.3) is 0 Å². The highest BCUT2D eigenvalue weighted by Gasteiger charge is 2.45. The van der Waals surface area contributed by atoms with Gasteiger partial charge in [0.15, 0.2) is 0 Å². The number of halogens is 6. The van der Waals surface area contributed by atoms with Gasteiger partial charge in [-0.15, -0.1) is 0 Å². The average Bonchev–Trinajstić information content (AvgIpc) is 3.25. The van der Waals surface area contributed by atoms with Gasteiger partial charge in [-0.3, -0.25) is 9.88 Å². The van der Waals surface area contributed by atoms with Gasteiger partial charge in [-0.1, -0.05) is 24.3 Å². The minimum Gasteiger partial charge on any atom is -0.475 e. The van der Waals surface area contributed by atoms with E-state index in [1.165, 1.54) is 16.8 Å². The number of pyridine rings is 1. The van der Waals surface area contributed by atoms with Gasteiger partial charge in [-0.25, -0.2) is 19.6 Å². The van der Waals surface area contributed by atoms with Crippen molar-refractivity contribution in [2.24, 2.45) is 0 Å². The van der Waals surface area contributed by atoms with E-state index in [2.05, 4.69) is 55.1 Å². The van der Waals surface area contributed by atoms with Crippen LogP contribution in [0.4, 0.5) is 38.0 Å². The Morgan fingerprint density at radius 2 is 1.39 bits per heavy atom. The second kappa shape index (κ2) is 12.9. The summed E-state index contributed by atoms with van der Waals surface area (Å²) >= 11 is 0. The molecule has 1 saturated heterocycles. The topological polar surface area (TPSA) is 120 Å². The molecule has 3 aromatic rings. The fraction of sp³-hybridized carbons (Fsp3) is 0.346. The van der Waals surface area contributed by atoms with Crippen LogP contribution in [0.15, 0.2) is 67.3 Å². The van der Waals surface area contributed by atoms with Gasteiger partial charge in [-0.05, 0) is 55.3 Å². The van der Waals surface area contributed by atoms with Crippen molar-refractivity contribution in [1.82, 2.24) is 19.9 Å². The lowest BCUT2D eigenvalue weighted by Gasteiger charge is -2.40. The zero-order chi connectivity index (χ0) is 30.3. The van der Waals surface area contributed by atoms with Gasteiger partial charge in [0.1, 0.15) is 0 Å². The molecule has 2 aliphatic rings. The van der Waals surface area contributed by atoms with Crippen molar-refractivity contribution in [2.75, 3.05) is 24.5 Å². The Hall–Kier alpha value is -4.27.